The van der Waals surface area contributed by atoms with Gasteiger partial charge in [0.2, 0.25) is 0 Å². The molecule has 0 radical (unpaired) electrons. The minimum Gasteiger partial charge on any atom is -0.362 e. The number of carbonyl (C=O) groups is 1. The number of fused-ring (bicyclic) bond motifs is 2. The highest BCUT2D eigenvalue weighted by Crippen LogP contribution is 2.53. The van der Waals surface area contributed by atoms with Crippen LogP contribution in [0.5, 0.6) is 0 Å². The average molecular weight is 310 g/mol. The molecule has 0 unspecified atom stereocenters. The van der Waals surface area contributed by atoms with Crippen molar-refractivity contribution in [3.63, 3.8) is 0 Å². The standard InChI is InChI=1S/C17H20F2O3/c1-10(2)17-8-7-16(3,22-17)15(14(17)20)21-9-11-5-4-6-12(18)13(11)19/h4-6,10,15H,7-9H2,1-3H3/t15-,16+,17+/m1/s1. The van der Waals surface area contributed by atoms with Gasteiger partial charge < -0.3 is 9.47 Å². The van der Waals surface area contributed by atoms with E-state index in [0.29, 0.717) is 6.42 Å². The van der Waals surface area contributed by atoms with Crippen molar-refractivity contribution >= 4 is 5.78 Å². The summed E-state index contributed by atoms with van der Waals surface area (Å²) in [5, 5.41) is 0. The molecular weight excluding hydrogens is 290 g/mol. The summed E-state index contributed by atoms with van der Waals surface area (Å²) >= 11 is 0. The van der Waals surface area contributed by atoms with Gasteiger partial charge in [-0.05, 0) is 31.7 Å². The van der Waals surface area contributed by atoms with Crippen molar-refractivity contribution in [2.75, 3.05) is 0 Å². The van der Waals surface area contributed by atoms with Gasteiger partial charge in [0.1, 0.15) is 17.3 Å². The van der Waals surface area contributed by atoms with Crippen LogP contribution in [0.2, 0.25) is 0 Å². The van der Waals surface area contributed by atoms with E-state index in [1.165, 1.54) is 12.1 Å². The Labute approximate surface area is 128 Å². The van der Waals surface area contributed by atoms with Crippen LogP contribution in [-0.4, -0.2) is 23.1 Å². The number of carbonyl (C=O) groups excluding carboxylic acids is 1. The second-order valence-electron chi connectivity index (χ2n) is 6.73. The van der Waals surface area contributed by atoms with E-state index in [1.54, 1.807) is 0 Å². The number of halogens is 2. The van der Waals surface area contributed by atoms with Gasteiger partial charge in [-0.1, -0.05) is 26.0 Å². The highest BCUT2D eigenvalue weighted by atomic mass is 19.2. The van der Waals surface area contributed by atoms with E-state index in [0.717, 1.165) is 12.5 Å². The molecule has 5 heteroatoms. The van der Waals surface area contributed by atoms with Crippen molar-refractivity contribution < 1.29 is 23.0 Å². The maximum Gasteiger partial charge on any atom is 0.196 e. The molecule has 0 aliphatic carbocycles. The molecule has 120 valence electrons. The lowest BCUT2D eigenvalue weighted by atomic mass is 9.74. The van der Waals surface area contributed by atoms with Gasteiger partial charge in [-0.25, -0.2) is 8.78 Å². The van der Waals surface area contributed by atoms with E-state index >= 15 is 0 Å². The number of hydrogen-bond acceptors (Lipinski definition) is 3. The fraction of sp³-hybridized carbons (Fsp3) is 0.588. The first kappa shape index (κ1) is 15.6. The smallest absolute Gasteiger partial charge is 0.196 e. The second-order valence-corrected chi connectivity index (χ2v) is 6.73. The monoisotopic (exact) mass is 310 g/mol. The first-order valence-corrected chi connectivity index (χ1v) is 7.59. The molecule has 0 amide bonds. The third-order valence-corrected chi connectivity index (χ3v) is 4.99. The zero-order valence-electron chi connectivity index (χ0n) is 13.0. The van der Waals surface area contributed by atoms with Gasteiger partial charge in [-0.15, -0.1) is 0 Å². The van der Waals surface area contributed by atoms with Crippen LogP contribution in [0, 0.1) is 17.6 Å². The average Bonchev–Trinajstić information content (AvgIpc) is 2.92. The summed E-state index contributed by atoms with van der Waals surface area (Å²) < 4.78 is 38.6. The molecule has 22 heavy (non-hydrogen) atoms. The summed E-state index contributed by atoms with van der Waals surface area (Å²) in [5.74, 6) is -1.86. The molecule has 0 aromatic heterocycles. The molecule has 2 bridgehead atoms. The van der Waals surface area contributed by atoms with E-state index < -0.39 is 28.9 Å². The zero-order valence-corrected chi connectivity index (χ0v) is 13.0. The summed E-state index contributed by atoms with van der Waals surface area (Å²) in [4.78, 5) is 12.7. The van der Waals surface area contributed by atoms with Gasteiger partial charge >= 0.3 is 0 Å². The fourth-order valence-electron chi connectivity index (χ4n) is 3.59. The fourth-order valence-corrected chi connectivity index (χ4v) is 3.59. The Morgan fingerprint density at radius 1 is 1.36 bits per heavy atom. The SMILES string of the molecule is CC(C)[C@]12CC[C@](C)(O1)[C@H](OCc1cccc(F)c1F)C2=O. The number of hydrogen-bond donors (Lipinski definition) is 0. The van der Waals surface area contributed by atoms with Crippen molar-refractivity contribution in [3.8, 4) is 0 Å². The van der Waals surface area contributed by atoms with Crippen LogP contribution >= 0.6 is 0 Å². The van der Waals surface area contributed by atoms with Crippen molar-refractivity contribution in [1.82, 2.24) is 0 Å². The lowest BCUT2D eigenvalue weighted by Gasteiger charge is -2.30. The third-order valence-electron chi connectivity index (χ3n) is 4.99. The lowest BCUT2D eigenvalue weighted by Crippen LogP contribution is -2.48. The van der Waals surface area contributed by atoms with E-state index in [4.69, 9.17) is 9.47 Å². The molecule has 2 aliphatic rings. The second kappa shape index (κ2) is 5.10. The van der Waals surface area contributed by atoms with Crippen molar-refractivity contribution in [2.45, 2.75) is 57.5 Å². The maximum atomic E-state index is 13.7. The summed E-state index contributed by atoms with van der Waals surface area (Å²) in [5.41, 5.74) is -1.36. The van der Waals surface area contributed by atoms with Gasteiger partial charge in [-0.3, -0.25) is 4.79 Å². The molecule has 2 fully saturated rings. The number of benzene rings is 1. The van der Waals surface area contributed by atoms with Crippen LogP contribution < -0.4 is 0 Å². The van der Waals surface area contributed by atoms with Crippen LogP contribution in [0.25, 0.3) is 0 Å². The third kappa shape index (κ3) is 2.10. The molecule has 1 aromatic carbocycles. The first-order chi connectivity index (χ1) is 10.3. The molecule has 0 saturated carbocycles. The quantitative estimate of drug-likeness (QED) is 0.855. The Bertz CT molecular complexity index is 616. The van der Waals surface area contributed by atoms with E-state index in [-0.39, 0.29) is 23.9 Å². The first-order valence-electron chi connectivity index (χ1n) is 7.59. The van der Waals surface area contributed by atoms with Gasteiger partial charge in [0.15, 0.2) is 17.4 Å². The van der Waals surface area contributed by atoms with Crippen molar-refractivity contribution in [3.05, 3.63) is 35.4 Å². The Hall–Kier alpha value is -1.33. The van der Waals surface area contributed by atoms with Gasteiger partial charge in [0, 0.05) is 5.56 Å². The van der Waals surface area contributed by atoms with E-state index in [9.17, 15) is 13.6 Å². The Morgan fingerprint density at radius 3 is 2.73 bits per heavy atom. The largest absolute Gasteiger partial charge is 0.362 e. The molecule has 2 aliphatic heterocycles. The molecule has 0 spiro atoms. The molecule has 2 saturated heterocycles. The zero-order chi connectivity index (χ0) is 16.1. The van der Waals surface area contributed by atoms with Crippen LogP contribution in [0.4, 0.5) is 8.78 Å². The van der Waals surface area contributed by atoms with Crippen LogP contribution in [0.3, 0.4) is 0 Å². The summed E-state index contributed by atoms with van der Waals surface area (Å²) in [6.07, 6.45) is 0.688. The van der Waals surface area contributed by atoms with Crippen LogP contribution in [-0.2, 0) is 20.9 Å². The number of ketones is 1. The Balaban J connectivity index is 1.79. The van der Waals surface area contributed by atoms with Crippen molar-refractivity contribution in [2.24, 2.45) is 5.92 Å². The molecular formula is C17H20F2O3. The molecule has 3 rings (SSSR count). The highest BCUT2D eigenvalue weighted by molar-refractivity contribution is 5.96. The van der Waals surface area contributed by atoms with Crippen LogP contribution in [0.15, 0.2) is 18.2 Å². The maximum absolute atomic E-state index is 13.7. The number of ether oxygens (including phenoxy) is 2. The minimum atomic E-state index is -0.928. The number of Topliss-reactive ketones (excluding diaryl/α,β-unsaturated/α-hetero) is 1. The normalized spacial score (nSPS) is 33.9. The van der Waals surface area contributed by atoms with Gasteiger partial charge in [-0.2, -0.15) is 0 Å². The summed E-state index contributed by atoms with van der Waals surface area (Å²) in [7, 11) is 0. The summed E-state index contributed by atoms with van der Waals surface area (Å²) in [6, 6.07) is 3.94. The van der Waals surface area contributed by atoms with E-state index in [1.807, 2.05) is 20.8 Å². The molecule has 3 atom stereocenters. The Kier molecular flexibility index (Phi) is 3.61. The van der Waals surface area contributed by atoms with E-state index in [2.05, 4.69) is 0 Å². The molecule has 1 aromatic rings. The highest BCUT2D eigenvalue weighted by Gasteiger charge is 2.67. The lowest BCUT2D eigenvalue weighted by molar-refractivity contribution is -0.139. The minimum absolute atomic E-state index is 0.0568. The molecule has 2 heterocycles. The van der Waals surface area contributed by atoms with Crippen LogP contribution in [0.1, 0.15) is 39.2 Å². The van der Waals surface area contributed by atoms with Crippen molar-refractivity contribution in [1.29, 1.82) is 0 Å². The van der Waals surface area contributed by atoms with Gasteiger partial charge in [0.05, 0.1) is 6.61 Å². The predicted molar refractivity (Wildman–Crippen MR) is 76.2 cm³/mol. The summed E-state index contributed by atoms with van der Waals surface area (Å²) in [6.45, 7) is 5.62. The van der Waals surface area contributed by atoms with Gasteiger partial charge in [0.25, 0.3) is 0 Å². The number of rotatable bonds is 4. The predicted octanol–water partition coefficient (Wildman–Crippen LogP) is 3.40. The molecule has 0 N–H and O–H groups in total. The molecule has 3 nitrogen and oxygen atoms in total. The topological polar surface area (TPSA) is 35.5 Å². The Morgan fingerprint density at radius 2 is 2.09 bits per heavy atom.